The van der Waals surface area contributed by atoms with Gasteiger partial charge in [-0.2, -0.15) is 8.42 Å². The summed E-state index contributed by atoms with van der Waals surface area (Å²) in [6.07, 6.45) is -1.37. The predicted molar refractivity (Wildman–Crippen MR) is 58.4 cm³/mol. The third kappa shape index (κ3) is 4.13. The lowest BCUT2D eigenvalue weighted by Gasteiger charge is -2.16. The summed E-state index contributed by atoms with van der Waals surface area (Å²) >= 11 is 0. The van der Waals surface area contributed by atoms with Crippen LogP contribution in [-0.2, 0) is 23.6 Å². The van der Waals surface area contributed by atoms with Crippen LogP contribution in [0.2, 0.25) is 0 Å². The Morgan fingerprint density at radius 2 is 2.06 bits per heavy atom. The number of halogens is 1. The van der Waals surface area contributed by atoms with Crippen molar-refractivity contribution < 1.29 is 26.3 Å². The summed E-state index contributed by atoms with van der Waals surface area (Å²) in [6.45, 7) is 2.67. The van der Waals surface area contributed by atoms with Crippen molar-refractivity contribution >= 4 is 17.3 Å². The summed E-state index contributed by atoms with van der Waals surface area (Å²) in [5, 5.41) is 0. The Labute approximate surface area is 94.8 Å². The average Bonchev–Trinajstić information content (AvgIpc) is 2.41. The number of hydrogen-bond donors (Lipinski definition) is 0. The average molecular weight is 274 g/mol. The van der Waals surface area contributed by atoms with E-state index in [4.69, 9.17) is 4.74 Å². The minimum absolute atomic E-state index is 0.0298. The molecule has 0 aromatic carbocycles. The van der Waals surface area contributed by atoms with Gasteiger partial charge < -0.3 is 9.30 Å². The topological polar surface area (TPSA) is 69.7 Å². The van der Waals surface area contributed by atoms with E-state index in [0.717, 1.165) is 6.26 Å². The molecule has 0 amide bonds. The molecule has 1 heterocycles. The number of alkyl halides is 1. The van der Waals surface area contributed by atoms with Crippen LogP contribution in [-0.4, -0.2) is 52.7 Å². The highest BCUT2D eigenvalue weighted by Crippen LogP contribution is 2.49. The second-order valence-electron chi connectivity index (χ2n) is 4.30. The molecule has 1 fully saturated rings. The summed E-state index contributed by atoms with van der Waals surface area (Å²) in [5.74, 6) is -0.643. The Morgan fingerprint density at radius 3 is 2.44 bits per heavy atom. The van der Waals surface area contributed by atoms with Gasteiger partial charge in [-0.15, -0.1) is 0 Å². The van der Waals surface area contributed by atoms with E-state index in [1.54, 1.807) is 0 Å². The van der Waals surface area contributed by atoms with Gasteiger partial charge in [0.25, 0.3) is 10.1 Å². The van der Waals surface area contributed by atoms with Gasteiger partial charge in [-0.3, -0.25) is 4.18 Å². The molecule has 0 radical (unpaired) electrons. The molecule has 1 saturated heterocycles. The second-order valence-corrected chi connectivity index (χ2v) is 9.39. The van der Waals surface area contributed by atoms with Crippen molar-refractivity contribution in [3.8, 4) is 0 Å². The molecule has 0 saturated carbocycles. The van der Waals surface area contributed by atoms with Crippen LogP contribution in [0.15, 0.2) is 0 Å². The van der Waals surface area contributed by atoms with Gasteiger partial charge >= 0.3 is 0 Å². The highest BCUT2D eigenvalue weighted by Gasteiger charge is 2.41. The predicted octanol–water partition coefficient (Wildman–Crippen LogP) is 1.04. The first kappa shape index (κ1) is 14.1. The molecule has 0 bridgehead atoms. The maximum atomic E-state index is 13.4. The Morgan fingerprint density at radius 1 is 1.50 bits per heavy atom. The fourth-order valence-corrected chi connectivity index (χ4v) is 2.96. The quantitative estimate of drug-likeness (QED) is 0.566. The molecule has 0 aromatic heterocycles. The molecule has 96 valence electrons. The smallest absolute Gasteiger partial charge is 0.264 e. The zero-order valence-electron chi connectivity index (χ0n) is 9.42. The van der Waals surface area contributed by atoms with E-state index >= 15 is 0 Å². The molecule has 0 aromatic rings. The van der Waals surface area contributed by atoms with Crippen LogP contribution in [0.3, 0.4) is 0 Å². The molecular formula is C8H16FO5PS. The minimum atomic E-state index is -3.60. The van der Waals surface area contributed by atoms with Crippen molar-refractivity contribution in [2.75, 3.05) is 26.2 Å². The molecule has 0 spiro atoms. The van der Waals surface area contributed by atoms with Gasteiger partial charge in [0.15, 0.2) is 0 Å². The van der Waals surface area contributed by atoms with Gasteiger partial charge in [0.2, 0.25) is 0 Å². The second kappa shape index (κ2) is 4.72. The van der Waals surface area contributed by atoms with Crippen LogP contribution in [0, 0.1) is 0 Å². The zero-order valence-corrected chi connectivity index (χ0v) is 11.1. The van der Waals surface area contributed by atoms with Crippen LogP contribution < -0.4 is 0 Å². The molecule has 5 nitrogen and oxygen atoms in total. The maximum absolute atomic E-state index is 13.4. The normalized spacial score (nSPS) is 31.9. The van der Waals surface area contributed by atoms with Crippen LogP contribution >= 0.6 is 7.14 Å². The zero-order chi connectivity index (χ0) is 12.6. The van der Waals surface area contributed by atoms with Crippen molar-refractivity contribution in [1.82, 2.24) is 0 Å². The fourth-order valence-electron chi connectivity index (χ4n) is 1.42. The van der Waals surface area contributed by atoms with Crippen molar-refractivity contribution in [3.05, 3.63) is 0 Å². The third-order valence-electron chi connectivity index (χ3n) is 2.30. The van der Waals surface area contributed by atoms with E-state index in [-0.39, 0.29) is 13.0 Å². The Kier molecular flexibility index (Phi) is 4.16. The van der Waals surface area contributed by atoms with E-state index in [2.05, 4.69) is 4.18 Å². The first-order valence-electron chi connectivity index (χ1n) is 4.78. The van der Waals surface area contributed by atoms with Crippen LogP contribution in [0.1, 0.15) is 6.42 Å². The first-order valence-corrected chi connectivity index (χ1v) is 9.27. The van der Waals surface area contributed by atoms with Crippen molar-refractivity contribution in [1.29, 1.82) is 0 Å². The SMILES string of the molecule is CP(C)(=O)[C@H]1C[C@@H](F)[C@@H](COS(C)(=O)=O)O1. The first-order chi connectivity index (χ1) is 7.09. The van der Waals surface area contributed by atoms with Crippen LogP contribution in [0.4, 0.5) is 4.39 Å². The summed E-state index contributed by atoms with van der Waals surface area (Å²) < 4.78 is 56.2. The van der Waals surface area contributed by atoms with Gasteiger partial charge in [0.1, 0.15) is 25.3 Å². The highest BCUT2D eigenvalue weighted by molar-refractivity contribution is 7.85. The lowest BCUT2D eigenvalue weighted by molar-refractivity contribution is 0.0276. The van der Waals surface area contributed by atoms with E-state index in [0.29, 0.717) is 0 Å². The fraction of sp³-hybridized carbons (Fsp3) is 1.00. The molecule has 1 aliphatic heterocycles. The molecule has 0 N–H and O–H groups in total. The Bertz CT molecular complexity index is 389. The van der Waals surface area contributed by atoms with Crippen molar-refractivity contribution in [2.45, 2.75) is 24.5 Å². The summed E-state index contributed by atoms with van der Waals surface area (Å²) in [5.41, 5.74) is 0. The number of ether oxygens (including phenoxy) is 1. The highest BCUT2D eigenvalue weighted by atomic mass is 32.2. The molecule has 0 unspecified atom stereocenters. The molecule has 1 aliphatic rings. The lowest BCUT2D eigenvalue weighted by atomic mass is 10.2. The van der Waals surface area contributed by atoms with Gasteiger partial charge in [-0.05, 0) is 13.3 Å². The van der Waals surface area contributed by atoms with Gasteiger partial charge in [0.05, 0.1) is 12.9 Å². The monoisotopic (exact) mass is 274 g/mol. The Balaban J connectivity index is 2.56. The molecular weight excluding hydrogens is 258 g/mol. The lowest BCUT2D eigenvalue weighted by Crippen LogP contribution is -2.25. The molecule has 16 heavy (non-hydrogen) atoms. The van der Waals surface area contributed by atoms with Gasteiger partial charge in [-0.25, -0.2) is 4.39 Å². The van der Waals surface area contributed by atoms with E-state index in [1.165, 1.54) is 13.3 Å². The van der Waals surface area contributed by atoms with Gasteiger partial charge in [-0.1, -0.05) is 0 Å². The molecule has 3 atom stereocenters. The Hall–Kier alpha value is 0.0300. The van der Waals surface area contributed by atoms with Crippen LogP contribution in [0.5, 0.6) is 0 Å². The third-order valence-corrected chi connectivity index (χ3v) is 4.59. The van der Waals surface area contributed by atoms with E-state index < -0.39 is 35.4 Å². The van der Waals surface area contributed by atoms with E-state index in [1.807, 2.05) is 0 Å². The van der Waals surface area contributed by atoms with E-state index in [9.17, 15) is 17.4 Å². The molecule has 1 rings (SSSR count). The van der Waals surface area contributed by atoms with Crippen LogP contribution in [0.25, 0.3) is 0 Å². The number of hydrogen-bond acceptors (Lipinski definition) is 5. The molecule has 8 heteroatoms. The summed E-state index contributed by atoms with van der Waals surface area (Å²) in [4.78, 5) is 0. The van der Waals surface area contributed by atoms with Gasteiger partial charge in [0, 0.05) is 6.42 Å². The summed E-state index contributed by atoms with van der Waals surface area (Å²) in [6, 6.07) is 0. The van der Waals surface area contributed by atoms with Crippen molar-refractivity contribution in [2.24, 2.45) is 0 Å². The minimum Gasteiger partial charge on any atom is -0.362 e. The maximum Gasteiger partial charge on any atom is 0.264 e. The standard InChI is InChI=1S/C8H16FO5PS/c1-15(2,10)8-4-6(9)7(14-8)5-13-16(3,11)12/h6-8H,4-5H2,1-3H3/t6-,7-,8+/m1/s1. The van der Waals surface area contributed by atoms with Crippen molar-refractivity contribution in [3.63, 3.8) is 0 Å². The largest absolute Gasteiger partial charge is 0.362 e. The summed E-state index contributed by atoms with van der Waals surface area (Å²) in [7, 11) is -6.12. The number of rotatable bonds is 4. The molecule has 0 aliphatic carbocycles.